The van der Waals surface area contributed by atoms with Gasteiger partial charge in [0, 0.05) is 30.2 Å². The lowest BCUT2D eigenvalue weighted by Gasteiger charge is -2.18. The first kappa shape index (κ1) is 14.4. The van der Waals surface area contributed by atoms with Crippen LogP contribution >= 0.6 is 23.7 Å². The van der Waals surface area contributed by atoms with Crippen LogP contribution < -0.4 is 5.32 Å². The molecule has 0 bridgehead atoms. The Kier molecular flexibility index (Phi) is 4.86. The lowest BCUT2D eigenvalue weighted by molar-refractivity contribution is 0.322. The molecule has 0 unspecified atom stereocenters. The van der Waals surface area contributed by atoms with Crippen LogP contribution in [0.25, 0.3) is 0 Å². The van der Waals surface area contributed by atoms with Gasteiger partial charge in [-0.1, -0.05) is 24.3 Å². The number of rotatable bonds is 4. The van der Waals surface area contributed by atoms with Gasteiger partial charge in [0.2, 0.25) is 0 Å². The summed E-state index contributed by atoms with van der Waals surface area (Å²) in [4.78, 5) is 3.81. The maximum atomic E-state index is 3.51. The lowest BCUT2D eigenvalue weighted by atomic mass is 10.1. The van der Waals surface area contributed by atoms with Crippen LogP contribution in [-0.4, -0.2) is 18.5 Å². The van der Waals surface area contributed by atoms with E-state index in [1.807, 2.05) is 11.3 Å². The fraction of sp³-hybridized carbons (Fsp3) is 0.333. The number of fused-ring (bicyclic) bond motifs is 1. The molecule has 0 radical (unpaired) electrons. The van der Waals surface area contributed by atoms with E-state index < -0.39 is 0 Å². The number of anilines is 1. The van der Waals surface area contributed by atoms with Gasteiger partial charge in [-0.2, -0.15) is 0 Å². The first-order valence-electron chi connectivity index (χ1n) is 6.38. The Morgan fingerprint density at radius 1 is 1.21 bits per heavy atom. The Morgan fingerprint density at radius 2 is 2.11 bits per heavy atom. The molecule has 0 amide bonds. The van der Waals surface area contributed by atoms with Crippen molar-refractivity contribution in [2.45, 2.75) is 19.5 Å². The highest BCUT2D eigenvalue weighted by Crippen LogP contribution is 2.27. The van der Waals surface area contributed by atoms with Crippen molar-refractivity contribution >= 4 is 29.4 Å². The highest BCUT2D eigenvalue weighted by atomic mass is 35.5. The zero-order valence-electron chi connectivity index (χ0n) is 11.1. The molecule has 1 aliphatic heterocycles. The predicted octanol–water partition coefficient (Wildman–Crippen LogP) is 3.77. The summed E-state index contributed by atoms with van der Waals surface area (Å²) in [5.41, 5.74) is 4.26. The van der Waals surface area contributed by atoms with Crippen LogP contribution in [0.3, 0.4) is 0 Å². The second kappa shape index (κ2) is 6.42. The van der Waals surface area contributed by atoms with Crippen LogP contribution in [0.4, 0.5) is 5.69 Å². The summed E-state index contributed by atoms with van der Waals surface area (Å²) in [6.45, 7) is 3.12. The third kappa shape index (κ3) is 3.30. The van der Waals surface area contributed by atoms with Gasteiger partial charge < -0.3 is 5.32 Å². The molecular formula is C15H19ClN2S. The van der Waals surface area contributed by atoms with Crippen molar-refractivity contribution < 1.29 is 0 Å². The van der Waals surface area contributed by atoms with Crippen LogP contribution in [0.5, 0.6) is 0 Å². The Bertz CT molecular complexity index is 525. The molecule has 102 valence electrons. The molecule has 1 aliphatic rings. The smallest absolute Gasteiger partial charge is 0.0419 e. The fourth-order valence-electron chi connectivity index (χ4n) is 2.56. The van der Waals surface area contributed by atoms with Crippen LogP contribution in [0, 0.1) is 0 Å². The summed E-state index contributed by atoms with van der Waals surface area (Å²) in [5.74, 6) is 0. The third-order valence-electron chi connectivity index (χ3n) is 3.38. The molecule has 4 heteroatoms. The van der Waals surface area contributed by atoms with Crippen LogP contribution in [-0.2, 0) is 19.5 Å². The van der Waals surface area contributed by atoms with E-state index in [1.165, 1.54) is 21.7 Å². The van der Waals surface area contributed by atoms with Crippen LogP contribution in [0.2, 0.25) is 0 Å². The monoisotopic (exact) mass is 294 g/mol. The SMILES string of the molecule is CN(Cc1cccs1)Cc1cccc2c1NCC2.Cl. The highest BCUT2D eigenvalue weighted by Gasteiger charge is 2.14. The molecule has 2 nitrogen and oxygen atoms in total. The van der Waals surface area contributed by atoms with Gasteiger partial charge >= 0.3 is 0 Å². The average molecular weight is 295 g/mol. The molecule has 1 aromatic heterocycles. The van der Waals surface area contributed by atoms with Crippen molar-refractivity contribution in [2.24, 2.45) is 0 Å². The Morgan fingerprint density at radius 3 is 2.89 bits per heavy atom. The third-order valence-corrected chi connectivity index (χ3v) is 4.24. The van der Waals surface area contributed by atoms with Crippen molar-refractivity contribution in [2.75, 3.05) is 18.9 Å². The van der Waals surface area contributed by atoms with Gasteiger partial charge in [-0.05, 0) is 36.0 Å². The number of nitrogens with zero attached hydrogens (tertiary/aromatic N) is 1. The van der Waals surface area contributed by atoms with Gasteiger partial charge in [-0.25, -0.2) is 0 Å². The second-order valence-corrected chi connectivity index (χ2v) is 5.91. The molecule has 0 saturated carbocycles. The minimum atomic E-state index is 0. The summed E-state index contributed by atoms with van der Waals surface area (Å²) < 4.78 is 0. The second-order valence-electron chi connectivity index (χ2n) is 4.88. The van der Waals surface area contributed by atoms with E-state index in [2.05, 4.69) is 53.0 Å². The maximum absolute atomic E-state index is 3.51. The summed E-state index contributed by atoms with van der Waals surface area (Å²) in [6, 6.07) is 11.0. The Labute approximate surface area is 124 Å². The number of hydrogen-bond donors (Lipinski definition) is 1. The van der Waals surface area contributed by atoms with Crippen molar-refractivity contribution in [3.8, 4) is 0 Å². The zero-order chi connectivity index (χ0) is 12.4. The van der Waals surface area contributed by atoms with Gasteiger partial charge in [0.25, 0.3) is 0 Å². The van der Waals surface area contributed by atoms with Crippen molar-refractivity contribution in [3.63, 3.8) is 0 Å². The first-order valence-corrected chi connectivity index (χ1v) is 7.26. The minimum Gasteiger partial charge on any atom is -0.384 e. The number of halogens is 1. The molecule has 1 aromatic carbocycles. The molecule has 2 heterocycles. The normalized spacial score (nSPS) is 12.9. The molecule has 0 atom stereocenters. The van der Waals surface area contributed by atoms with Gasteiger partial charge in [0.05, 0.1) is 0 Å². The van der Waals surface area contributed by atoms with Gasteiger partial charge in [0.1, 0.15) is 0 Å². The van der Waals surface area contributed by atoms with Gasteiger partial charge in [-0.3, -0.25) is 4.90 Å². The van der Waals surface area contributed by atoms with E-state index in [4.69, 9.17) is 0 Å². The van der Waals surface area contributed by atoms with E-state index in [9.17, 15) is 0 Å². The molecule has 2 aromatic rings. The Hall–Kier alpha value is -1.03. The summed E-state index contributed by atoms with van der Waals surface area (Å²) in [6.07, 6.45) is 1.16. The summed E-state index contributed by atoms with van der Waals surface area (Å²) in [7, 11) is 2.19. The lowest BCUT2D eigenvalue weighted by Crippen LogP contribution is -2.17. The molecule has 0 spiro atoms. The molecule has 19 heavy (non-hydrogen) atoms. The molecule has 3 rings (SSSR count). The molecular weight excluding hydrogens is 276 g/mol. The quantitative estimate of drug-likeness (QED) is 0.923. The largest absolute Gasteiger partial charge is 0.384 e. The number of hydrogen-bond acceptors (Lipinski definition) is 3. The Balaban J connectivity index is 0.00000133. The van der Waals surface area contributed by atoms with Crippen molar-refractivity contribution in [3.05, 3.63) is 51.7 Å². The number of nitrogens with one attached hydrogen (secondary N) is 1. The number of para-hydroxylation sites is 1. The van der Waals surface area contributed by atoms with Crippen LogP contribution in [0.15, 0.2) is 35.7 Å². The maximum Gasteiger partial charge on any atom is 0.0419 e. The van der Waals surface area contributed by atoms with E-state index >= 15 is 0 Å². The van der Waals surface area contributed by atoms with Crippen molar-refractivity contribution in [1.29, 1.82) is 0 Å². The molecule has 1 N–H and O–H groups in total. The van der Waals surface area contributed by atoms with E-state index in [0.717, 1.165) is 26.1 Å². The molecule has 0 aliphatic carbocycles. The van der Waals surface area contributed by atoms with Crippen molar-refractivity contribution in [1.82, 2.24) is 4.90 Å². The predicted molar refractivity (Wildman–Crippen MR) is 85.4 cm³/mol. The average Bonchev–Trinajstić information content (AvgIpc) is 2.99. The fourth-order valence-corrected chi connectivity index (χ4v) is 3.34. The number of thiophene rings is 1. The van der Waals surface area contributed by atoms with Crippen LogP contribution in [0.1, 0.15) is 16.0 Å². The minimum absolute atomic E-state index is 0. The van der Waals surface area contributed by atoms with E-state index in [0.29, 0.717) is 0 Å². The standard InChI is InChI=1S/C15H18N2S.ClH/c1-17(11-14-6-3-9-18-14)10-13-5-2-4-12-7-8-16-15(12)13;/h2-6,9,16H,7-8,10-11H2,1H3;1H. The van der Waals surface area contributed by atoms with Gasteiger partial charge in [-0.15, -0.1) is 23.7 Å². The summed E-state index contributed by atoms with van der Waals surface area (Å²) >= 11 is 1.83. The molecule has 0 saturated heterocycles. The topological polar surface area (TPSA) is 15.3 Å². The molecule has 0 fully saturated rings. The number of benzene rings is 1. The van der Waals surface area contributed by atoms with E-state index in [-0.39, 0.29) is 12.4 Å². The first-order chi connectivity index (χ1) is 8.83. The zero-order valence-corrected chi connectivity index (χ0v) is 12.7. The highest BCUT2D eigenvalue weighted by molar-refractivity contribution is 7.09. The van der Waals surface area contributed by atoms with E-state index in [1.54, 1.807) is 0 Å². The van der Waals surface area contributed by atoms with Gasteiger partial charge in [0.15, 0.2) is 0 Å². The summed E-state index contributed by atoms with van der Waals surface area (Å²) in [5, 5.41) is 5.65.